The van der Waals surface area contributed by atoms with Crippen molar-refractivity contribution < 1.29 is 0 Å². The van der Waals surface area contributed by atoms with Gasteiger partial charge in [-0.15, -0.1) is 0 Å². The van der Waals surface area contributed by atoms with Crippen molar-refractivity contribution in [3.63, 3.8) is 0 Å². The lowest BCUT2D eigenvalue weighted by molar-refractivity contribution is 0.765. The Balaban J connectivity index is 1.97. The molecule has 0 radical (unpaired) electrons. The number of halogens is 1. The van der Waals surface area contributed by atoms with Crippen LogP contribution < -0.4 is 0 Å². The lowest BCUT2D eigenvalue weighted by Crippen LogP contribution is -2.01. The van der Waals surface area contributed by atoms with E-state index >= 15 is 0 Å². The molecule has 0 aliphatic rings. The smallest absolute Gasteiger partial charge is 0.134 e. The molecule has 0 amide bonds. The minimum Gasteiger partial charge on any atom is -0.316 e. The predicted octanol–water partition coefficient (Wildman–Crippen LogP) is 4.34. The van der Waals surface area contributed by atoms with Crippen LogP contribution in [0.2, 0.25) is 0 Å². The Morgan fingerprint density at radius 2 is 1.74 bits per heavy atom. The molecule has 1 heterocycles. The lowest BCUT2D eigenvalue weighted by Gasteiger charge is -2.12. The molecule has 94 valence electrons. The number of alkyl halides is 1. The van der Waals surface area contributed by atoms with Crippen LogP contribution in [-0.4, -0.2) is 9.55 Å². The molecule has 1 unspecified atom stereocenters. The molecule has 1 aromatic heterocycles. The first-order valence-corrected chi connectivity index (χ1v) is 6.55. The fourth-order valence-corrected chi connectivity index (χ4v) is 2.32. The Morgan fingerprint density at radius 3 is 2.47 bits per heavy atom. The zero-order chi connectivity index (χ0) is 13.1. The third kappa shape index (κ3) is 2.54. The molecule has 19 heavy (non-hydrogen) atoms. The van der Waals surface area contributed by atoms with Crippen molar-refractivity contribution in [3.05, 3.63) is 78.9 Å². The van der Waals surface area contributed by atoms with Crippen LogP contribution in [-0.2, 0) is 0 Å². The predicted molar refractivity (Wildman–Crippen MR) is 78.1 cm³/mol. The number of aromatic nitrogens is 2. The Hall–Kier alpha value is -2.06. The standard InChI is InChI=1S/C16H13ClN2/c17-16(19-10-9-18-12-19)15-8-4-7-14(11-15)13-5-2-1-3-6-13/h1-12,16H. The molecule has 0 N–H and O–H groups in total. The molecular weight excluding hydrogens is 256 g/mol. The number of nitrogens with zero attached hydrogens (tertiary/aromatic N) is 2. The van der Waals surface area contributed by atoms with E-state index in [2.05, 4.69) is 29.2 Å². The van der Waals surface area contributed by atoms with Gasteiger partial charge >= 0.3 is 0 Å². The van der Waals surface area contributed by atoms with Crippen molar-refractivity contribution in [2.75, 3.05) is 0 Å². The quantitative estimate of drug-likeness (QED) is 0.646. The minimum absolute atomic E-state index is 0.230. The molecule has 2 nitrogen and oxygen atoms in total. The third-order valence-electron chi connectivity index (χ3n) is 3.06. The molecule has 0 bridgehead atoms. The Labute approximate surface area is 117 Å². The lowest BCUT2D eigenvalue weighted by atomic mass is 10.0. The van der Waals surface area contributed by atoms with Crippen molar-refractivity contribution in [2.24, 2.45) is 0 Å². The molecule has 0 fully saturated rings. The van der Waals surface area contributed by atoms with Crippen LogP contribution in [0.1, 0.15) is 11.1 Å². The Kier molecular flexibility index (Phi) is 3.34. The van der Waals surface area contributed by atoms with E-state index < -0.39 is 0 Å². The largest absolute Gasteiger partial charge is 0.316 e. The first-order valence-electron chi connectivity index (χ1n) is 6.11. The second-order valence-corrected chi connectivity index (χ2v) is 4.75. The first-order chi connectivity index (χ1) is 9.34. The maximum atomic E-state index is 6.46. The van der Waals surface area contributed by atoms with Crippen LogP contribution in [0.3, 0.4) is 0 Å². The first kappa shape index (κ1) is 12.0. The molecule has 0 aliphatic heterocycles. The molecule has 3 rings (SSSR count). The van der Waals surface area contributed by atoms with E-state index in [1.165, 1.54) is 11.1 Å². The second-order valence-electron chi connectivity index (χ2n) is 4.34. The topological polar surface area (TPSA) is 17.8 Å². The molecule has 3 aromatic rings. The average Bonchev–Trinajstić information content (AvgIpc) is 3.02. The molecular formula is C16H13ClN2. The summed E-state index contributed by atoms with van der Waals surface area (Å²) >= 11 is 6.46. The van der Waals surface area contributed by atoms with Gasteiger partial charge in [-0.25, -0.2) is 4.98 Å². The second kappa shape index (κ2) is 5.29. The fourth-order valence-electron chi connectivity index (χ4n) is 2.07. The molecule has 0 spiro atoms. The van der Waals surface area contributed by atoms with Gasteiger partial charge in [0, 0.05) is 12.4 Å². The van der Waals surface area contributed by atoms with Crippen LogP contribution in [0.4, 0.5) is 0 Å². The Morgan fingerprint density at radius 1 is 0.947 bits per heavy atom. The highest BCUT2D eigenvalue weighted by molar-refractivity contribution is 6.20. The summed E-state index contributed by atoms with van der Waals surface area (Å²) in [6, 6.07) is 18.6. The maximum Gasteiger partial charge on any atom is 0.134 e. The normalized spacial score (nSPS) is 12.3. The van der Waals surface area contributed by atoms with Crippen molar-refractivity contribution in [3.8, 4) is 11.1 Å². The van der Waals surface area contributed by atoms with Gasteiger partial charge in [0.2, 0.25) is 0 Å². The molecule has 1 atom stereocenters. The third-order valence-corrected chi connectivity index (χ3v) is 3.53. The van der Waals surface area contributed by atoms with Gasteiger partial charge in [-0.3, -0.25) is 0 Å². The van der Waals surface area contributed by atoms with Gasteiger partial charge in [-0.2, -0.15) is 0 Å². The molecule has 0 saturated carbocycles. The highest BCUT2D eigenvalue weighted by Crippen LogP contribution is 2.27. The highest BCUT2D eigenvalue weighted by Gasteiger charge is 2.10. The van der Waals surface area contributed by atoms with Crippen molar-refractivity contribution >= 4 is 11.6 Å². The van der Waals surface area contributed by atoms with E-state index in [0.29, 0.717) is 0 Å². The van der Waals surface area contributed by atoms with Gasteiger partial charge in [0.15, 0.2) is 0 Å². The summed E-state index contributed by atoms with van der Waals surface area (Å²) in [6.45, 7) is 0. The van der Waals surface area contributed by atoms with Gasteiger partial charge in [0.05, 0.1) is 6.33 Å². The van der Waals surface area contributed by atoms with Gasteiger partial charge in [0.1, 0.15) is 5.50 Å². The summed E-state index contributed by atoms with van der Waals surface area (Å²) in [6.07, 6.45) is 5.33. The number of rotatable bonds is 3. The van der Waals surface area contributed by atoms with Gasteiger partial charge in [0.25, 0.3) is 0 Å². The van der Waals surface area contributed by atoms with Gasteiger partial charge < -0.3 is 4.57 Å². The van der Waals surface area contributed by atoms with E-state index in [4.69, 9.17) is 11.6 Å². The monoisotopic (exact) mass is 268 g/mol. The van der Waals surface area contributed by atoms with E-state index in [1.807, 2.05) is 41.1 Å². The molecule has 0 aliphatic carbocycles. The maximum absolute atomic E-state index is 6.46. The van der Waals surface area contributed by atoms with E-state index in [9.17, 15) is 0 Å². The van der Waals surface area contributed by atoms with Gasteiger partial charge in [-0.1, -0.05) is 60.1 Å². The number of hydrogen-bond acceptors (Lipinski definition) is 1. The Bertz CT molecular complexity index is 648. The van der Waals surface area contributed by atoms with Crippen molar-refractivity contribution in [1.82, 2.24) is 9.55 Å². The van der Waals surface area contributed by atoms with Crippen molar-refractivity contribution in [2.45, 2.75) is 5.50 Å². The molecule has 0 saturated heterocycles. The summed E-state index contributed by atoms with van der Waals surface area (Å²) in [4.78, 5) is 4.03. The van der Waals surface area contributed by atoms with Gasteiger partial charge in [-0.05, 0) is 22.8 Å². The summed E-state index contributed by atoms with van der Waals surface area (Å²) in [5.41, 5.74) is 3.19. The van der Waals surface area contributed by atoms with E-state index in [-0.39, 0.29) is 5.50 Å². The molecule has 3 heteroatoms. The van der Waals surface area contributed by atoms with Crippen LogP contribution in [0.25, 0.3) is 11.1 Å². The van der Waals surface area contributed by atoms with Crippen LogP contribution >= 0.6 is 11.6 Å². The average molecular weight is 269 g/mol. The summed E-state index contributed by atoms with van der Waals surface area (Å²) < 4.78 is 1.88. The summed E-state index contributed by atoms with van der Waals surface area (Å²) in [5, 5.41) is 0. The summed E-state index contributed by atoms with van der Waals surface area (Å²) in [7, 11) is 0. The van der Waals surface area contributed by atoms with E-state index in [1.54, 1.807) is 12.5 Å². The SMILES string of the molecule is ClC(c1cccc(-c2ccccc2)c1)n1ccnc1. The van der Waals surface area contributed by atoms with Crippen LogP contribution in [0, 0.1) is 0 Å². The van der Waals surface area contributed by atoms with E-state index in [0.717, 1.165) is 5.56 Å². The minimum atomic E-state index is -0.230. The number of benzene rings is 2. The molecule has 2 aromatic carbocycles. The zero-order valence-electron chi connectivity index (χ0n) is 10.3. The van der Waals surface area contributed by atoms with Crippen LogP contribution in [0.15, 0.2) is 73.3 Å². The van der Waals surface area contributed by atoms with Crippen molar-refractivity contribution in [1.29, 1.82) is 0 Å². The number of hydrogen-bond donors (Lipinski definition) is 0. The summed E-state index contributed by atoms with van der Waals surface area (Å²) in [5.74, 6) is 0. The highest BCUT2D eigenvalue weighted by atomic mass is 35.5. The zero-order valence-corrected chi connectivity index (χ0v) is 11.0. The number of imidazole rings is 1. The fraction of sp³-hybridized carbons (Fsp3) is 0.0625. The van der Waals surface area contributed by atoms with Crippen LogP contribution in [0.5, 0.6) is 0 Å².